The molecule has 2 heterocycles. The zero-order valence-corrected chi connectivity index (χ0v) is 32.0. The quantitative estimate of drug-likeness (QED) is 0.163. The molecule has 4 heteroatoms. The van der Waals surface area contributed by atoms with E-state index in [-0.39, 0.29) is 0 Å². The molecular formula is C55H35N3O. The summed E-state index contributed by atoms with van der Waals surface area (Å²) in [7, 11) is 0. The summed E-state index contributed by atoms with van der Waals surface area (Å²) in [6.07, 6.45) is 0. The molecule has 0 fully saturated rings. The van der Waals surface area contributed by atoms with E-state index in [0.717, 1.165) is 71.7 Å². The molecule has 0 aliphatic carbocycles. The average molecular weight is 754 g/mol. The standard InChI is InChI=1S/C55H35N3O/c1-3-13-36(14-4-1)38-25-27-39(28-26-38)40-29-31-41(32-30-40)53-56-54(58-55(57-53)50-23-12-22-48-47-21-9-10-24-51(47)59-52(48)50)49-34-33-44(45-19-7-8-20-46(45)49)43-18-11-17-42(35-43)37-15-5-2-6-16-37/h1-35H. The van der Waals surface area contributed by atoms with Crippen LogP contribution in [0.2, 0.25) is 0 Å². The van der Waals surface area contributed by atoms with Gasteiger partial charge in [-0.1, -0.05) is 188 Å². The van der Waals surface area contributed by atoms with Gasteiger partial charge < -0.3 is 4.42 Å². The fraction of sp³-hybridized carbons (Fsp3) is 0. The number of nitrogens with zero attached hydrogens (tertiary/aromatic N) is 3. The number of rotatable bonds is 7. The van der Waals surface area contributed by atoms with Crippen LogP contribution in [0.15, 0.2) is 217 Å². The fourth-order valence-electron chi connectivity index (χ4n) is 8.21. The topological polar surface area (TPSA) is 51.8 Å². The SMILES string of the molecule is c1ccc(-c2ccc(-c3ccc(-c4nc(-c5ccc(-c6cccc(-c7ccccc7)c6)c6ccccc56)nc(-c5cccc6c5oc5ccccc56)n4)cc3)cc2)cc1. The molecule has 0 N–H and O–H groups in total. The molecule has 0 saturated heterocycles. The van der Waals surface area contributed by atoms with Crippen molar-refractivity contribution in [2.75, 3.05) is 0 Å². The van der Waals surface area contributed by atoms with Crippen molar-refractivity contribution in [3.05, 3.63) is 212 Å². The first-order valence-corrected chi connectivity index (χ1v) is 19.8. The third kappa shape index (κ3) is 6.34. The summed E-state index contributed by atoms with van der Waals surface area (Å²) >= 11 is 0. The molecule has 276 valence electrons. The molecular weight excluding hydrogens is 719 g/mol. The monoisotopic (exact) mass is 753 g/mol. The van der Waals surface area contributed by atoms with Crippen molar-refractivity contribution in [3.63, 3.8) is 0 Å². The van der Waals surface area contributed by atoms with Gasteiger partial charge in [0.05, 0.1) is 5.56 Å². The highest BCUT2D eigenvalue weighted by atomic mass is 16.3. The number of hydrogen-bond donors (Lipinski definition) is 0. The highest BCUT2D eigenvalue weighted by molar-refractivity contribution is 6.09. The predicted molar refractivity (Wildman–Crippen MR) is 243 cm³/mol. The van der Waals surface area contributed by atoms with Gasteiger partial charge in [0.25, 0.3) is 0 Å². The summed E-state index contributed by atoms with van der Waals surface area (Å²) in [5.74, 6) is 1.74. The maximum atomic E-state index is 6.51. The van der Waals surface area contributed by atoms with Crippen LogP contribution in [0.1, 0.15) is 0 Å². The maximum absolute atomic E-state index is 6.51. The van der Waals surface area contributed by atoms with Crippen LogP contribution < -0.4 is 0 Å². The smallest absolute Gasteiger partial charge is 0.167 e. The molecule has 0 atom stereocenters. The first-order chi connectivity index (χ1) is 29.2. The zero-order valence-electron chi connectivity index (χ0n) is 32.0. The Bertz CT molecular complexity index is 3300. The summed E-state index contributed by atoms with van der Waals surface area (Å²) in [5.41, 5.74) is 13.6. The normalized spacial score (nSPS) is 11.4. The van der Waals surface area contributed by atoms with Crippen molar-refractivity contribution < 1.29 is 4.42 Å². The van der Waals surface area contributed by atoms with E-state index in [1.54, 1.807) is 0 Å². The van der Waals surface area contributed by atoms with Crippen LogP contribution in [0.5, 0.6) is 0 Å². The van der Waals surface area contributed by atoms with Crippen LogP contribution in [0, 0.1) is 0 Å². The van der Waals surface area contributed by atoms with Crippen LogP contribution in [-0.2, 0) is 0 Å². The van der Waals surface area contributed by atoms with E-state index in [0.29, 0.717) is 17.5 Å². The van der Waals surface area contributed by atoms with Crippen molar-refractivity contribution in [1.29, 1.82) is 0 Å². The van der Waals surface area contributed by atoms with Gasteiger partial charge in [-0.15, -0.1) is 0 Å². The van der Waals surface area contributed by atoms with Gasteiger partial charge in [0, 0.05) is 21.9 Å². The summed E-state index contributed by atoms with van der Waals surface area (Å²) < 4.78 is 6.51. The number of fused-ring (bicyclic) bond motifs is 4. The molecule has 4 nitrogen and oxygen atoms in total. The lowest BCUT2D eigenvalue weighted by molar-refractivity contribution is 0.669. The molecule has 0 spiro atoms. The molecule has 0 aliphatic rings. The average Bonchev–Trinajstić information content (AvgIpc) is 3.71. The molecule has 0 aliphatic heterocycles. The minimum atomic E-state index is 0.555. The number of aromatic nitrogens is 3. The molecule has 11 aromatic rings. The van der Waals surface area contributed by atoms with Crippen molar-refractivity contribution >= 4 is 32.7 Å². The Hall–Kier alpha value is -7.95. The van der Waals surface area contributed by atoms with Gasteiger partial charge in [-0.05, 0) is 79.5 Å². The Balaban J connectivity index is 1.05. The lowest BCUT2D eigenvalue weighted by Gasteiger charge is -2.14. The number of hydrogen-bond acceptors (Lipinski definition) is 4. The number of furan rings is 1. The third-order valence-electron chi connectivity index (χ3n) is 11.2. The molecule has 9 aromatic carbocycles. The number of para-hydroxylation sites is 2. The minimum Gasteiger partial charge on any atom is -0.455 e. The Morgan fingerprint density at radius 1 is 0.254 bits per heavy atom. The third-order valence-corrected chi connectivity index (χ3v) is 11.2. The van der Waals surface area contributed by atoms with Gasteiger partial charge in [0.2, 0.25) is 0 Å². The Morgan fingerprint density at radius 2 is 0.695 bits per heavy atom. The number of benzene rings is 9. The first-order valence-electron chi connectivity index (χ1n) is 19.8. The molecule has 0 unspecified atom stereocenters. The van der Waals surface area contributed by atoms with Crippen molar-refractivity contribution in [3.8, 4) is 78.7 Å². The van der Waals surface area contributed by atoms with E-state index in [1.165, 1.54) is 22.3 Å². The van der Waals surface area contributed by atoms with Gasteiger partial charge in [-0.3, -0.25) is 0 Å². The largest absolute Gasteiger partial charge is 0.455 e. The van der Waals surface area contributed by atoms with E-state index in [9.17, 15) is 0 Å². The zero-order chi connectivity index (χ0) is 39.1. The molecule has 0 saturated carbocycles. The van der Waals surface area contributed by atoms with Gasteiger partial charge in [-0.25, -0.2) is 15.0 Å². The summed E-state index contributed by atoms with van der Waals surface area (Å²) in [6, 6.07) is 74.1. The van der Waals surface area contributed by atoms with Crippen molar-refractivity contribution in [2.45, 2.75) is 0 Å². The van der Waals surface area contributed by atoms with E-state index < -0.39 is 0 Å². The molecule has 2 aromatic heterocycles. The first kappa shape index (κ1) is 34.3. The molecule has 0 amide bonds. The predicted octanol–water partition coefficient (Wildman–Crippen LogP) is 14.6. The summed E-state index contributed by atoms with van der Waals surface area (Å²) in [6.45, 7) is 0. The molecule has 0 radical (unpaired) electrons. The van der Waals surface area contributed by atoms with E-state index in [2.05, 4.69) is 176 Å². The lowest BCUT2D eigenvalue weighted by atomic mass is 9.93. The van der Waals surface area contributed by atoms with Crippen LogP contribution >= 0.6 is 0 Å². The maximum Gasteiger partial charge on any atom is 0.167 e. The Morgan fingerprint density at radius 3 is 1.37 bits per heavy atom. The second kappa shape index (κ2) is 14.5. The van der Waals surface area contributed by atoms with E-state index in [1.807, 2.05) is 36.4 Å². The van der Waals surface area contributed by atoms with Gasteiger partial charge >= 0.3 is 0 Å². The highest BCUT2D eigenvalue weighted by Gasteiger charge is 2.19. The second-order valence-electron chi connectivity index (χ2n) is 14.8. The van der Waals surface area contributed by atoms with Crippen molar-refractivity contribution in [2.24, 2.45) is 0 Å². The van der Waals surface area contributed by atoms with E-state index in [4.69, 9.17) is 19.4 Å². The molecule has 59 heavy (non-hydrogen) atoms. The van der Waals surface area contributed by atoms with E-state index >= 15 is 0 Å². The Kier molecular flexibility index (Phi) is 8.45. The Labute approximate surface area is 341 Å². The second-order valence-corrected chi connectivity index (χ2v) is 14.8. The van der Waals surface area contributed by atoms with Crippen LogP contribution in [0.4, 0.5) is 0 Å². The fourth-order valence-corrected chi connectivity index (χ4v) is 8.21. The van der Waals surface area contributed by atoms with Gasteiger partial charge in [0.15, 0.2) is 17.5 Å². The van der Waals surface area contributed by atoms with Crippen LogP contribution in [0.3, 0.4) is 0 Å². The summed E-state index contributed by atoms with van der Waals surface area (Å²) in [4.78, 5) is 15.6. The summed E-state index contributed by atoms with van der Waals surface area (Å²) in [5, 5.41) is 4.27. The van der Waals surface area contributed by atoms with Crippen LogP contribution in [0.25, 0.3) is 111 Å². The van der Waals surface area contributed by atoms with Gasteiger partial charge in [0.1, 0.15) is 11.2 Å². The highest BCUT2D eigenvalue weighted by Crippen LogP contribution is 2.39. The lowest BCUT2D eigenvalue weighted by Crippen LogP contribution is -2.01. The van der Waals surface area contributed by atoms with Gasteiger partial charge in [-0.2, -0.15) is 0 Å². The molecule has 11 rings (SSSR count). The van der Waals surface area contributed by atoms with Crippen molar-refractivity contribution in [1.82, 2.24) is 15.0 Å². The molecule has 0 bridgehead atoms. The van der Waals surface area contributed by atoms with Crippen LogP contribution in [-0.4, -0.2) is 15.0 Å². The minimum absolute atomic E-state index is 0.555.